The molecule has 1 unspecified atom stereocenters. The predicted molar refractivity (Wildman–Crippen MR) is 80.4 cm³/mol. The molecule has 0 saturated carbocycles. The van der Waals surface area contributed by atoms with Crippen LogP contribution in [0.1, 0.15) is 30.8 Å². The lowest BCUT2D eigenvalue weighted by molar-refractivity contribution is 0.529. The summed E-state index contributed by atoms with van der Waals surface area (Å²) in [6.45, 7) is 2.96. The lowest BCUT2D eigenvalue weighted by Gasteiger charge is -2.18. The largest absolute Gasteiger partial charge is 0.307 e. The molecule has 0 aromatic carbocycles. The van der Waals surface area contributed by atoms with E-state index >= 15 is 0 Å². The Morgan fingerprint density at radius 2 is 2.21 bits per heavy atom. The monoisotopic (exact) mass is 342 g/mol. The molecule has 19 heavy (non-hydrogen) atoms. The van der Waals surface area contributed by atoms with Gasteiger partial charge in [0.15, 0.2) is 0 Å². The first-order chi connectivity index (χ1) is 9.17. The Kier molecular flexibility index (Phi) is 4.96. The first-order valence-electron chi connectivity index (χ1n) is 6.17. The summed E-state index contributed by atoms with van der Waals surface area (Å²) in [5, 5.41) is 8.25. The maximum absolute atomic E-state index is 6.27. The van der Waals surface area contributed by atoms with Gasteiger partial charge < -0.3 is 5.32 Å². The summed E-state index contributed by atoms with van der Waals surface area (Å²) in [5.41, 5.74) is 1.88. The van der Waals surface area contributed by atoms with Gasteiger partial charge in [0.1, 0.15) is 0 Å². The minimum Gasteiger partial charge on any atom is -0.307 e. The molecular formula is C13H16BrClN4. The third-order valence-electron chi connectivity index (χ3n) is 2.88. The molecular weight excluding hydrogens is 328 g/mol. The smallest absolute Gasteiger partial charge is 0.0934 e. The molecule has 102 valence electrons. The van der Waals surface area contributed by atoms with Crippen molar-refractivity contribution < 1.29 is 0 Å². The van der Waals surface area contributed by atoms with Gasteiger partial charge in [0.25, 0.3) is 0 Å². The SMILES string of the molecule is CCCn1ncc(Cl)c1C(NC)c1ccc(Br)cn1. The summed E-state index contributed by atoms with van der Waals surface area (Å²) in [4.78, 5) is 4.44. The van der Waals surface area contributed by atoms with Gasteiger partial charge in [0.2, 0.25) is 0 Å². The summed E-state index contributed by atoms with van der Waals surface area (Å²) in [5.74, 6) is 0. The third-order valence-corrected chi connectivity index (χ3v) is 3.64. The van der Waals surface area contributed by atoms with Crippen LogP contribution in [-0.4, -0.2) is 21.8 Å². The van der Waals surface area contributed by atoms with E-state index in [2.05, 4.69) is 38.3 Å². The van der Waals surface area contributed by atoms with Gasteiger partial charge in [-0.3, -0.25) is 9.67 Å². The average Bonchev–Trinajstić information content (AvgIpc) is 2.76. The van der Waals surface area contributed by atoms with Crippen LogP contribution < -0.4 is 5.32 Å². The van der Waals surface area contributed by atoms with Crippen molar-refractivity contribution in [1.82, 2.24) is 20.1 Å². The Labute approximate surface area is 126 Å². The molecule has 0 aliphatic rings. The van der Waals surface area contributed by atoms with Crippen molar-refractivity contribution >= 4 is 27.5 Å². The quantitative estimate of drug-likeness (QED) is 0.904. The van der Waals surface area contributed by atoms with Crippen LogP contribution in [0.2, 0.25) is 5.02 Å². The zero-order valence-corrected chi connectivity index (χ0v) is 13.2. The Balaban J connectivity index is 2.41. The lowest BCUT2D eigenvalue weighted by Crippen LogP contribution is -2.23. The standard InChI is InChI=1S/C13H16BrClN4/c1-3-6-19-13(10(15)8-18-19)12(16-2)11-5-4-9(14)7-17-11/h4-5,7-8,12,16H,3,6H2,1-2H3. The molecule has 0 saturated heterocycles. The molecule has 6 heteroatoms. The van der Waals surface area contributed by atoms with Crippen LogP contribution in [-0.2, 0) is 6.54 Å². The predicted octanol–water partition coefficient (Wildman–Crippen LogP) is 3.41. The number of halogens is 2. The van der Waals surface area contributed by atoms with Crippen molar-refractivity contribution in [1.29, 1.82) is 0 Å². The summed E-state index contributed by atoms with van der Waals surface area (Å²) >= 11 is 9.67. The van der Waals surface area contributed by atoms with Crippen molar-refractivity contribution in [2.75, 3.05) is 7.05 Å². The molecule has 2 aromatic rings. The molecule has 4 nitrogen and oxygen atoms in total. The fraction of sp³-hybridized carbons (Fsp3) is 0.385. The van der Waals surface area contributed by atoms with Gasteiger partial charge in [-0.25, -0.2) is 0 Å². The molecule has 0 aliphatic heterocycles. The maximum atomic E-state index is 6.27. The molecule has 2 aromatic heterocycles. The average molecular weight is 344 g/mol. The van der Waals surface area contributed by atoms with Gasteiger partial charge in [0.05, 0.1) is 28.6 Å². The highest BCUT2D eigenvalue weighted by atomic mass is 79.9. The van der Waals surface area contributed by atoms with Crippen molar-refractivity contribution in [3.8, 4) is 0 Å². The molecule has 0 aliphatic carbocycles. The molecule has 2 rings (SSSR count). The van der Waals surface area contributed by atoms with Crippen LogP contribution in [0, 0.1) is 0 Å². The van der Waals surface area contributed by atoms with Crippen molar-refractivity contribution in [3.05, 3.63) is 45.4 Å². The molecule has 0 spiro atoms. The summed E-state index contributed by atoms with van der Waals surface area (Å²) in [6.07, 6.45) is 4.49. The van der Waals surface area contributed by atoms with Gasteiger partial charge in [-0.1, -0.05) is 18.5 Å². The van der Waals surface area contributed by atoms with Gasteiger partial charge in [0, 0.05) is 17.2 Å². The van der Waals surface area contributed by atoms with E-state index in [9.17, 15) is 0 Å². The van der Waals surface area contributed by atoms with Crippen molar-refractivity contribution in [3.63, 3.8) is 0 Å². The minimum absolute atomic E-state index is 0.0605. The fourth-order valence-electron chi connectivity index (χ4n) is 2.03. The van der Waals surface area contributed by atoms with Crippen LogP contribution in [0.15, 0.2) is 29.0 Å². The van der Waals surface area contributed by atoms with E-state index in [1.807, 2.05) is 23.9 Å². The van der Waals surface area contributed by atoms with Crippen molar-refractivity contribution in [2.24, 2.45) is 0 Å². The normalized spacial score (nSPS) is 12.6. The van der Waals surface area contributed by atoms with Crippen molar-refractivity contribution in [2.45, 2.75) is 25.9 Å². The maximum Gasteiger partial charge on any atom is 0.0934 e. The second-order valence-electron chi connectivity index (χ2n) is 4.22. The molecule has 1 atom stereocenters. The fourth-order valence-corrected chi connectivity index (χ4v) is 2.52. The number of nitrogens with one attached hydrogen (secondary N) is 1. The number of nitrogens with zero attached hydrogens (tertiary/aromatic N) is 3. The van der Waals surface area contributed by atoms with E-state index in [-0.39, 0.29) is 6.04 Å². The van der Waals surface area contributed by atoms with E-state index in [0.717, 1.165) is 28.8 Å². The molecule has 2 heterocycles. The number of hydrogen-bond acceptors (Lipinski definition) is 3. The molecule has 1 N–H and O–H groups in total. The van der Waals surface area contributed by atoms with E-state index < -0.39 is 0 Å². The zero-order chi connectivity index (χ0) is 13.8. The Morgan fingerprint density at radius 3 is 2.79 bits per heavy atom. The second kappa shape index (κ2) is 6.50. The summed E-state index contributed by atoms with van der Waals surface area (Å²) in [6, 6.07) is 3.89. The highest BCUT2D eigenvalue weighted by Crippen LogP contribution is 2.27. The van der Waals surface area contributed by atoms with Gasteiger partial charge in [-0.2, -0.15) is 5.10 Å². The number of aryl methyl sites for hydroxylation is 1. The minimum atomic E-state index is -0.0605. The first-order valence-corrected chi connectivity index (χ1v) is 7.34. The molecule has 0 radical (unpaired) electrons. The topological polar surface area (TPSA) is 42.7 Å². The van der Waals surface area contributed by atoms with E-state index in [1.54, 1.807) is 12.4 Å². The van der Waals surface area contributed by atoms with Crippen LogP contribution in [0.3, 0.4) is 0 Å². The van der Waals surface area contributed by atoms with Gasteiger partial charge in [-0.15, -0.1) is 0 Å². The molecule has 0 amide bonds. The van der Waals surface area contributed by atoms with Crippen LogP contribution in [0.4, 0.5) is 0 Å². The highest BCUT2D eigenvalue weighted by Gasteiger charge is 2.21. The third kappa shape index (κ3) is 3.16. The number of rotatable bonds is 5. The molecule has 0 fully saturated rings. The van der Waals surface area contributed by atoms with Gasteiger partial charge >= 0.3 is 0 Å². The van der Waals surface area contributed by atoms with Gasteiger partial charge in [-0.05, 0) is 41.5 Å². The lowest BCUT2D eigenvalue weighted by atomic mass is 10.1. The van der Waals surface area contributed by atoms with Crippen LogP contribution >= 0.6 is 27.5 Å². The van der Waals surface area contributed by atoms with E-state index in [4.69, 9.17) is 11.6 Å². The Morgan fingerprint density at radius 1 is 1.42 bits per heavy atom. The highest BCUT2D eigenvalue weighted by molar-refractivity contribution is 9.10. The Bertz CT molecular complexity index is 538. The number of pyridine rings is 1. The summed E-state index contributed by atoms with van der Waals surface area (Å²) in [7, 11) is 1.90. The zero-order valence-electron chi connectivity index (χ0n) is 10.9. The number of hydrogen-bond donors (Lipinski definition) is 1. The summed E-state index contributed by atoms with van der Waals surface area (Å²) < 4.78 is 2.90. The molecule has 0 bridgehead atoms. The first kappa shape index (κ1) is 14.5. The Hall–Kier alpha value is -0.910. The van der Waals surface area contributed by atoms with E-state index in [0.29, 0.717) is 5.02 Å². The second-order valence-corrected chi connectivity index (χ2v) is 5.55. The van der Waals surface area contributed by atoms with Crippen LogP contribution in [0.5, 0.6) is 0 Å². The van der Waals surface area contributed by atoms with Crippen LogP contribution in [0.25, 0.3) is 0 Å². The number of aromatic nitrogens is 3. The van der Waals surface area contributed by atoms with E-state index in [1.165, 1.54) is 0 Å².